The SMILES string of the molecule is Cn1cnc2c1c(=O)n(CC1CCOCC1)c(=O)n2C. The molecule has 0 amide bonds. The maximum atomic E-state index is 12.5. The van der Waals surface area contributed by atoms with Crippen LogP contribution in [0.1, 0.15) is 12.8 Å². The van der Waals surface area contributed by atoms with E-state index in [9.17, 15) is 9.59 Å². The minimum Gasteiger partial charge on any atom is -0.381 e. The van der Waals surface area contributed by atoms with Gasteiger partial charge < -0.3 is 9.30 Å². The quantitative estimate of drug-likeness (QED) is 0.766. The molecule has 1 fully saturated rings. The van der Waals surface area contributed by atoms with Crippen LogP contribution in [-0.2, 0) is 25.4 Å². The smallest absolute Gasteiger partial charge is 0.332 e. The van der Waals surface area contributed by atoms with Gasteiger partial charge in [0.05, 0.1) is 6.33 Å². The van der Waals surface area contributed by atoms with E-state index in [0.29, 0.717) is 36.8 Å². The Labute approximate surface area is 115 Å². The molecule has 0 N–H and O–H groups in total. The monoisotopic (exact) mass is 278 g/mol. The molecule has 1 aliphatic rings. The molecular formula is C13H18N4O3. The summed E-state index contributed by atoms with van der Waals surface area (Å²) >= 11 is 0. The van der Waals surface area contributed by atoms with Gasteiger partial charge in [0.1, 0.15) is 0 Å². The number of aromatic nitrogens is 4. The standard InChI is InChI=1S/C13H18N4O3/c1-15-8-14-11-10(15)12(18)17(13(19)16(11)2)7-9-3-5-20-6-4-9/h8-9H,3-7H2,1-2H3. The van der Waals surface area contributed by atoms with Crippen molar-refractivity contribution < 1.29 is 4.74 Å². The Bertz CT molecular complexity index is 749. The van der Waals surface area contributed by atoms with Crippen molar-refractivity contribution in [1.82, 2.24) is 18.7 Å². The van der Waals surface area contributed by atoms with Gasteiger partial charge in [0.15, 0.2) is 11.2 Å². The summed E-state index contributed by atoms with van der Waals surface area (Å²) in [6, 6.07) is 0. The summed E-state index contributed by atoms with van der Waals surface area (Å²) in [5, 5.41) is 0. The van der Waals surface area contributed by atoms with E-state index in [-0.39, 0.29) is 11.2 Å². The third-order valence-corrected chi connectivity index (χ3v) is 3.98. The first kappa shape index (κ1) is 13.1. The maximum Gasteiger partial charge on any atom is 0.332 e. The molecule has 3 heterocycles. The minimum atomic E-state index is -0.298. The van der Waals surface area contributed by atoms with Crippen LogP contribution in [-0.4, -0.2) is 31.9 Å². The Morgan fingerprint density at radius 2 is 2.00 bits per heavy atom. The van der Waals surface area contributed by atoms with Crippen LogP contribution in [0.15, 0.2) is 15.9 Å². The lowest BCUT2D eigenvalue weighted by atomic mass is 10.0. The summed E-state index contributed by atoms with van der Waals surface area (Å²) < 4.78 is 9.75. The van der Waals surface area contributed by atoms with Crippen molar-refractivity contribution in [2.24, 2.45) is 20.0 Å². The van der Waals surface area contributed by atoms with E-state index in [1.165, 1.54) is 9.13 Å². The summed E-state index contributed by atoms with van der Waals surface area (Å²) in [5.41, 5.74) is 0.354. The molecule has 2 aromatic heterocycles. The average Bonchev–Trinajstić information content (AvgIpc) is 2.84. The lowest BCUT2D eigenvalue weighted by Crippen LogP contribution is -2.41. The zero-order valence-electron chi connectivity index (χ0n) is 11.7. The van der Waals surface area contributed by atoms with Crippen LogP contribution in [0.3, 0.4) is 0 Å². The third kappa shape index (κ3) is 1.98. The number of ether oxygens (including phenoxy) is 1. The molecule has 20 heavy (non-hydrogen) atoms. The molecule has 0 saturated carbocycles. The van der Waals surface area contributed by atoms with E-state index < -0.39 is 0 Å². The second-order valence-electron chi connectivity index (χ2n) is 5.34. The summed E-state index contributed by atoms with van der Waals surface area (Å²) in [6.45, 7) is 1.86. The second kappa shape index (κ2) is 4.90. The predicted octanol–water partition coefficient (Wildman–Crippen LogP) is -0.140. The van der Waals surface area contributed by atoms with Crippen LogP contribution in [0.2, 0.25) is 0 Å². The van der Waals surface area contributed by atoms with Crippen molar-refractivity contribution in [2.75, 3.05) is 13.2 Å². The number of nitrogens with zero attached hydrogens (tertiary/aromatic N) is 4. The molecule has 108 valence electrons. The second-order valence-corrected chi connectivity index (χ2v) is 5.34. The van der Waals surface area contributed by atoms with E-state index in [2.05, 4.69) is 4.98 Å². The third-order valence-electron chi connectivity index (χ3n) is 3.98. The van der Waals surface area contributed by atoms with Crippen molar-refractivity contribution in [2.45, 2.75) is 19.4 Å². The predicted molar refractivity (Wildman–Crippen MR) is 73.8 cm³/mol. The highest BCUT2D eigenvalue weighted by atomic mass is 16.5. The summed E-state index contributed by atoms with van der Waals surface area (Å²) in [4.78, 5) is 29.0. The molecule has 0 unspecified atom stereocenters. The highest BCUT2D eigenvalue weighted by molar-refractivity contribution is 5.69. The largest absolute Gasteiger partial charge is 0.381 e. The molecule has 7 nitrogen and oxygen atoms in total. The van der Waals surface area contributed by atoms with Crippen LogP contribution >= 0.6 is 0 Å². The highest BCUT2D eigenvalue weighted by Crippen LogP contribution is 2.15. The van der Waals surface area contributed by atoms with Gasteiger partial charge in [-0.2, -0.15) is 0 Å². The first-order valence-electron chi connectivity index (χ1n) is 6.78. The van der Waals surface area contributed by atoms with Gasteiger partial charge in [-0.1, -0.05) is 0 Å². The van der Waals surface area contributed by atoms with Gasteiger partial charge in [0.2, 0.25) is 0 Å². The Morgan fingerprint density at radius 3 is 2.70 bits per heavy atom. The minimum absolute atomic E-state index is 0.255. The lowest BCUT2D eigenvalue weighted by molar-refractivity contribution is 0.0605. The van der Waals surface area contributed by atoms with Gasteiger partial charge in [-0.15, -0.1) is 0 Å². The molecule has 3 rings (SSSR count). The molecule has 0 radical (unpaired) electrons. The van der Waals surface area contributed by atoms with Crippen LogP contribution < -0.4 is 11.2 Å². The Morgan fingerprint density at radius 1 is 1.30 bits per heavy atom. The van der Waals surface area contributed by atoms with Crippen molar-refractivity contribution >= 4 is 11.2 Å². The fourth-order valence-electron chi connectivity index (χ4n) is 2.74. The Hall–Kier alpha value is -1.89. The van der Waals surface area contributed by atoms with E-state index in [0.717, 1.165) is 12.8 Å². The first-order chi connectivity index (χ1) is 9.59. The van der Waals surface area contributed by atoms with Crippen LogP contribution in [0.25, 0.3) is 11.2 Å². The maximum absolute atomic E-state index is 12.5. The van der Waals surface area contributed by atoms with Crippen molar-refractivity contribution in [1.29, 1.82) is 0 Å². The Balaban J connectivity index is 2.12. The molecule has 0 atom stereocenters. The van der Waals surface area contributed by atoms with Gasteiger partial charge in [-0.25, -0.2) is 9.78 Å². The van der Waals surface area contributed by atoms with E-state index in [1.807, 2.05) is 0 Å². The molecular weight excluding hydrogens is 260 g/mol. The van der Waals surface area contributed by atoms with Crippen molar-refractivity contribution in [3.8, 4) is 0 Å². The molecule has 1 aliphatic heterocycles. The molecule has 2 aromatic rings. The number of rotatable bonds is 2. The van der Waals surface area contributed by atoms with Crippen molar-refractivity contribution in [3.63, 3.8) is 0 Å². The van der Waals surface area contributed by atoms with Gasteiger partial charge in [-0.3, -0.25) is 13.9 Å². The van der Waals surface area contributed by atoms with E-state index in [1.54, 1.807) is 25.0 Å². The van der Waals surface area contributed by atoms with Gasteiger partial charge in [0.25, 0.3) is 5.56 Å². The van der Waals surface area contributed by atoms with Crippen molar-refractivity contribution in [3.05, 3.63) is 27.2 Å². The van der Waals surface area contributed by atoms with E-state index in [4.69, 9.17) is 4.74 Å². The molecule has 0 spiro atoms. The number of fused-ring (bicyclic) bond motifs is 1. The zero-order valence-corrected chi connectivity index (χ0v) is 11.7. The number of hydrogen-bond donors (Lipinski definition) is 0. The molecule has 0 aromatic carbocycles. The normalized spacial score (nSPS) is 16.9. The first-order valence-corrected chi connectivity index (χ1v) is 6.78. The lowest BCUT2D eigenvalue weighted by Gasteiger charge is -2.22. The van der Waals surface area contributed by atoms with Crippen LogP contribution in [0, 0.1) is 5.92 Å². The Kier molecular flexibility index (Phi) is 3.21. The fourth-order valence-corrected chi connectivity index (χ4v) is 2.74. The molecule has 1 saturated heterocycles. The number of aryl methyl sites for hydroxylation is 2. The van der Waals surface area contributed by atoms with Gasteiger partial charge >= 0.3 is 5.69 Å². The topological polar surface area (TPSA) is 71.1 Å². The zero-order chi connectivity index (χ0) is 14.3. The van der Waals surface area contributed by atoms with Crippen LogP contribution in [0.4, 0.5) is 0 Å². The average molecular weight is 278 g/mol. The number of imidazole rings is 1. The van der Waals surface area contributed by atoms with Gasteiger partial charge in [0, 0.05) is 33.9 Å². The fraction of sp³-hybridized carbons (Fsp3) is 0.615. The number of hydrogen-bond acceptors (Lipinski definition) is 4. The van der Waals surface area contributed by atoms with Gasteiger partial charge in [-0.05, 0) is 18.8 Å². The van der Waals surface area contributed by atoms with E-state index >= 15 is 0 Å². The summed E-state index contributed by atoms with van der Waals surface area (Å²) in [6.07, 6.45) is 3.34. The summed E-state index contributed by atoms with van der Waals surface area (Å²) in [7, 11) is 3.41. The summed E-state index contributed by atoms with van der Waals surface area (Å²) in [5.74, 6) is 0.319. The highest BCUT2D eigenvalue weighted by Gasteiger charge is 2.19. The molecule has 0 aliphatic carbocycles. The molecule has 7 heteroatoms. The molecule has 0 bridgehead atoms. The van der Waals surface area contributed by atoms with Crippen LogP contribution in [0.5, 0.6) is 0 Å².